The van der Waals surface area contributed by atoms with Crippen molar-refractivity contribution in [1.29, 1.82) is 0 Å². The van der Waals surface area contributed by atoms with Crippen molar-refractivity contribution in [1.82, 2.24) is 0 Å². The molecule has 0 fully saturated rings. The first-order valence-corrected chi connectivity index (χ1v) is 8.48. The van der Waals surface area contributed by atoms with Crippen LogP contribution in [0.3, 0.4) is 0 Å². The van der Waals surface area contributed by atoms with Gasteiger partial charge in [0.25, 0.3) is 0 Å². The topological polar surface area (TPSA) is 60.7 Å². The summed E-state index contributed by atoms with van der Waals surface area (Å²) in [5, 5.41) is 0. The van der Waals surface area contributed by atoms with Crippen molar-refractivity contribution in [2.24, 2.45) is 0 Å². The van der Waals surface area contributed by atoms with Crippen molar-refractivity contribution in [2.75, 3.05) is 6.16 Å². The average Bonchev–Trinajstić information content (AvgIpc) is 2.30. The zero-order chi connectivity index (χ0) is 13.0. The second-order valence-electron chi connectivity index (χ2n) is 4.76. The molecule has 98 valence electrons. The molecule has 0 saturated heterocycles. The molecule has 3 N–H and O–H groups in total. The van der Waals surface area contributed by atoms with Crippen LogP contribution in [0.25, 0.3) is 0 Å². The summed E-state index contributed by atoms with van der Waals surface area (Å²) in [6.07, 6.45) is 2.42. The summed E-state index contributed by atoms with van der Waals surface area (Å²) in [6, 6.07) is 10.1. The van der Waals surface area contributed by atoms with Crippen LogP contribution in [-0.2, 0) is 6.42 Å². The van der Waals surface area contributed by atoms with Crippen LogP contribution < -0.4 is 0 Å². The second kappa shape index (κ2) is 5.45. The molecule has 0 spiro atoms. The molecule has 4 heteroatoms. The van der Waals surface area contributed by atoms with E-state index >= 15 is 0 Å². The van der Waals surface area contributed by atoms with Crippen molar-refractivity contribution in [3.05, 3.63) is 35.9 Å². The minimum absolute atomic E-state index is 0.0398. The van der Waals surface area contributed by atoms with Crippen molar-refractivity contribution in [2.45, 2.75) is 38.8 Å². The average molecular weight is 258 g/mol. The van der Waals surface area contributed by atoms with Gasteiger partial charge in [-0.2, -0.15) is 0 Å². The van der Waals surface area contributed by atoms with E-state index < -0.39 is 12.9 Å². The molecule has 1 unspecified atom stereocenters. The molecule has 0 aliphatic carbocycles. The Kier molecular flexibility index (Phi) is 4.68. The molecule has 0 aliphatic rings. The number of aryl methyl sites for hydroxylation is 1. The Morgan fingerprint density at radius 3 is 2.24 bits per heavy atom. The Bertz CT molecular complexity index is 343. The molecule has 0 amide bonds. The molecule has 1 aromatic carbocycles. The Labute approximate surface area is 103 Å². The zero-order valence-corrected chi connectivity index (χ0v) is 11.5. The first kappa shape index (κ1) is 14.6. The van der Waals surface area contributed by atoms with Crippen molar-refractivity contribution >= 4 is 7.28 Å². The third-order valence-corrected chi connectivity index (χ3v) is 6.72. The van der Waals surface area contributed by atoms with Crippen LogP contribution in [0.4, 0.5) is 0 Å². The molecule has 0 heterocycles. The van der Waals surface area contributed by atoms with E-state index in [1.807, 2.05) is 18.2 Å². The standard InChI is InChI=1S/C13H23O3P/c1-3-17(14,15,16)12(2)8-7-11-13-9-5-4-6-10-13/h4-6,9-10,12,14-16H,3,7-8,11H2,1-2H3. The Morgan fingerprint density at radius 1 is 1.12 bits per heavy atom. The minimum atomic E-state index is -4.39. The summed E-state index contributed by atoms with van der Waals surface area (Å²) in [5.41, 5.74) is 0.806. The van der Waals surface area contributed by atoms with Gasteiger partial charge in [-0.3, -0.25) is 0 Å². The number of rotatable bonds is 6. The summed E-state index contributed by atoms with van der Waals surface area (Å²) >= 11 is 0. The molecule has 0 aromatic heterocycles. The maximum atomic E-state index is 9.80. The van der Waals surface area contributed by atoms with Gasteiger partial charge >= 0.3 is 103 Å². The summed E-state index contributed by atoms with van der Waals surface area (Å²) in [5.74, 6) is 0. The summed E-state index contributed by atoms with van der Waals surface area (Å²) in [4.78, 5) is 29.4. The van der Waals surface area contributed by atoms with E-state index in [0.717, 1.165) is 12.8 Å². The fraction of sp³-hybridized carbons (Fsp3) is 0.538. The molecule has 3 nitrogen and oxygen atoms in total. The third kappa shape index (κ3) is 4.36. The number of hydrogen-bond acceptors (Lipinski definition) is 3. The molecule has 17 heavy (non-hydrogen) atoms. The van der Waals surface area contributed by atoms with E-state index in [4.69, 9.17) is 0 Å². The molecule has 1 aromatic rings. The molecule has 1 atom stereocenters. The zero-order valence-electron chi connectivity index (χ0n) is 10.6. The van der Waals surface area contributed by atoms with Gasteiger partial charge in [0.1, 0.15) is 0 Å². The van der Waals surface area contributed by atoms with Crippen LogP contribution in [0.5, 0.6) is 0 Å². The van der Waals surface area contributed by atoms with E-state index in [9.17, 15) is 14.7 Å². The van der Waals surface area contributed by atoms with Gasteiger partial charge in [0, 0.05) is 0 Å². The van der Waals surface area contributed by atoms with E-state index in [2.05, 4.69) is 12.1 Å². The first-order valence-electron chi connectivity index (χ1n) is 6.13. The predicted octanol–water partition coefficient (Wildman–Crippen LogP) is 2.69. The van der Waals surface area contributed by atoms with Gasteiger partial charge in [-0.05, 0) is 0 Å². The molecule has 0 saturated carbocycles. The van der Waals surface area contributed by atoms with E-state index in [0.29, 0.717) is 6.42 Å². The van der Waals surface area contributed by atoms with E-state index in [1.165, 1.54) is 5.56 Å². The van der Waals surface area contributed by atoms with Crippen LogP contribution in [0, 0.1) is 0 Å². The van der Waals surface area contributed by atoms with Gasteiger partial charge in [-0.1, -0.05) is 0 Å². The molecule has 0 bridgehead atoms. The fourth-order valence-corrected chi connectivity index (χ4v) is 3.16. The predicted molar refractivity (Wildman–Crippen MR) is 73.0 cm³/mol. The van der Waals surface area contributed by atoms with Gasteiger partial charge in [0.2, 0.25) is 0 Å². The quantitative estimate of drug-likeness (QED) is 0.687. The molecule has 1 rings (SSSR count). The van der Waals surface area contributed by atoms with Gasteiger partial charge < -0.3 is 0 Å². The van der Waals surface area contributed by atoms with Crippen LogP contribution in [0.15, 0.2) is 30.3 Å². The summed E-state index contributed by atoms with van der Waals surface area (Å²) < 4.78 is 0. The summed E-state index contributed by atoms with van der Waals surface area (Å²) in [7, 11) is -4.39. The monoisotopic (exact) mass is 258 g/mol. The van der Waals surface area contributed by atoms with Crippen LogP contribution in [-0.4, -0.2) is 26.5 Å². The van der Waals surface area contributed by atoms with Gasteiger partial charge in [-0.25, -0.2) is 0 Å². The maximum absolute atomic E-state index is 9.80. The van der Waals surface area contributed by atoms with Crippen molar-refractivity contribution in [3.63, 3.8) is 0 Å². The first-order chi connectivity index (χ1) is 7.83. The molecular weight excluding hydrogens is 235 g/mol. The van der Waals surface area contributed by atoms with Gasteiger partial charge in [0.15, 0.2) is 0 Å². The fourth-order valence-electron chi connectivity index (χ4n) is 1.82. The Morgan fingerprint density at radius 2 is 1.71 bits per heavy atom. The van der Waals surface area contributed by atoms with Crippen molar-refractivity contribution < 1.29 is 14.7 Å². The molecule has 0 aliphatic heterocycles. The number of hydrogen-bond donors (Lipinski definition) is 3. The Balaban J connectivity index is 2.42. The normalized spacial score (nSPS) is 16.2. The van der Waals surface area contributed by atoms with Crippen LogP contribution >= 0.6 is 7.28 Å². The van der Waals surface area contributed by atoms with Gasteiger partial charge in [0.05, 0.1) is 0 Å². The van der Waals surface area contributed by atoms with E-state index in [1.54, 1.807) is 13.8 Å². The SMILES string of the molecule is CCP(O)(O)(O)C(C)CCCc1ccccc1. The number of benzene rings is 1. The third-order valence-electron chi connectivity index (χ3n) is 3.44. The van der Waals surface area contributed by atoms with E-state index in [-0.39, 0.29) is 6.16 Å². The molecule has 0 radical (unpaired) electrons. The summed E-state index contributed by atoms with van der Waals surface area (Å²) in [6.45, 7) is 3.33. The van der Waals surface area contributed by atoms with Crippen molar-refractivity contribution in [3.8, 4) is 0 Å². The molecular formula is C13H23O3P. The second-order valence-corrected chi connectivity index (χ2v) is 8.72. The van der Waals surface area contributed by atoms with Crippen LogP contribution in [0.1, 0.15) is 32.3 Å². The van der Waals surface area contributed by atoms with Gasteiger partial charge in [-0.15, -0.1) is 0 Å². The Hall–Kier alpha value is -0.470. The van der Waals surface area contributed by atoms with Crippen LogP contribution in [0.2, 0.25) is 0 Å².